The molecule has 0 spiro atoms. The molecule has 10 heteroatoms. The van der Waals surface area contributed by atoms with Gasteiger partial charge in [-0.3, -0.25) is 4.98 Å². The number of hydrogen-bond acceptors (Lipinski definition) is 8. The topological polar surface area (TPSA) is 101 Å². The van der Waals surface area contributed by atoms with Gasteiger partial charge in [0.25, 0.3) is 0 Å². The van der Waals surface area contributed by atoms with Crippen LogP contribution in [0.2, 0.25) is 0 Å². The molecule has 1 saturated heterocycles. The molecule has 2 fully saturated rings. The normalized spacial score (nSPS) is 19.9. The quantitative estimate of drug-likeness (QED) is 0.329. The Labute approximate surface area is 207 Å². The first-order valence-electron chi connectivity index (χ1n) is 12.2. The summed E-state index contributed by atoms with van der Waals surface area (Å²) < 4.78 is 27.6. The van der Waals surface area contributed by atoms with Crippen molar-refractivity contribution in [2.24, 2.45) is 0 Å². The summed E-state index contributed by atoms with van der Waals surface area (Å²) in [5.74, 6) is 0.414. The lowest BCUT2D eigenvalue weighted by Crippen LogP contribution is -2.41. The third-order valence-corrected chi connectivity index (χ3v) is 6.69. The SMILES string of the molecule is C[C@H]1C[C@@H](Nc2nc(-c3ccnc(Nc4nc(F)ccc4F)c3)nc3cncc(C4CC4)c23)CCN1. The van der Waals surface area contributed by atoms with Gasteiger partial charge in [-0.2, -0.15) is 9.37 Å². The van der Waals surface area contributed by atoms with Gasteiger partial charge in [-0.25, -0.2) is 19.3 Å². The molecule has 36 heavy (non-hydrogen) atoms. The molecule has 1 saturated carbocycles. The van der Waals surface area contributed by atoms with Crippen molar-refractivity contribution in [2.75, 3.05) is 17.2 Å². The zero-order valence-electron chi connectivity index (χ0n) is 19.8. The van der Waals surface area contributed by atoms with Gasteiger partial charge in [0, 0.05) is 35.4 Å². The van der Waals surface area contributed by atoms with Crippen LogP contribution in [0.4, 0.5) is 26.2 Å². The molecular weight excluding hydrogens is 462 g/mol. The van der Waals surface area contributed by atoms with Gasteiger partial charge < -0.3 is 16.0 Å². The Bertz CT molecular complexity index is 1420. The molecule has 4 aromatic rings. The van der Waals surface area contributed by atoms with Crippen LogP contribution in [0.5, 0.6) is 0 Å². The lowest BCUT2D eigenvalue weighted by atomic mass is 10.00. The number of fused-ring (bicyclic) bond motifs is 1. The minimum absolute atomic E-state index is 0.236. The number of hydrogen-bond donors (Lipinski definition) is 3. The number of aromatic nitrogens is 5. The summed E-state index contributed by atoms with van der Waals surface area (Å²) in [7, 11) is 0. The number of anilines is 3. The van der Waals surface area contributed by atoms with E-state index in [1.807, 2.05) is 6.20 Å². The summed E-state index contributed by atoms with van der Waals surface area (Å²) >= 11 is 0. The standard InChI is InChI=1S/C26H26F2N8/c1-14-10-17(7-9-30-14)32-26-23-18(15-2-3-15)12-29-13-20(23)33-24(36-26)16-6-8-31-22(11-16)35-25-19(27)4-5-21(28)34-25/h4-6,8,11-15,17,30H,2-3,7,9-10H2,1H3,(H,31,34,35)(H,32,33,36)/t14-,17-/m0/s1. The summed E-state index contributed by atoms with van der Waals surface area (Å²) in [5, 5.41) is 11.0. The smallest absolute Gasteiger partial charge is 0.214 e. The third kappa shape index (κ3) is 4.68. The highest BCUT2D eigenvalue weighted by Crippen LogP contribution is 2.44. The number of piperidine rings is 1. The lowest BCUT2D eigenvalue weighted by Gasteiger charge is -2.29. The van der Waals surface area contributed by atoms with Gasteiger partial charge in [0.15, 0.2) is 17.5 Å². The lowest BCUT2D eigenvalue weighted by molar-refractivity contribution is 0.396. The molecule has 184 valence electrons. The summed E-state index contributed by atoms with van der Waals surface area (Å²) in [6.45, 7) is 3.15. The second-order valence-corrected chi connectivity index (χ2v) is 9.53. The highest BCUT2D eigenvalue weighted by molar-refractivity contribution is 5.93. The first-order chi connectivity index (χ1) is 17.5. The van der Waals surface area contributed by atoms with E-state index >= 15 is 0 Å². The van der Waals surface area contributed by atoms with Crippen LogP contribution in [0.1, 0.15) is 44.1 Å². The van der Waals surface area contributed by atoms with Crippen LogP contribution in [-0.4, -0.2) is 43.5 Å². The molecule has 5 heterocycles. The minimum atomic E-state index is -0.783. The molecule has 0 bridgehead atoms. The van der Waals surface area contributed by atoms with E-state index in [-0.39, 0.29) is 5.82 Å². The molecule has 2 aliphatic rings. The summed E-state index contributed by atoms with van der Waals surface area (Å²) in [6.07, 6.45) is 9.59. The Kier molecular flexibility index (Phi) is 5.88. The monoisotopic (exact) mass is 488 g/mol. The van der Waals surface area contributed by atoms with E-state index in [1.54, 1.807) is 24.5 Å². The van der Waals surface area contributed by atoms with Crippen molar-refractivity contribution in [1.82, 2.24) is 30.2 Å². The van der Waals surface area contributed by atoms with Crippen molar-refractivity contribution in [1.29, 1.82) is 0 Å². The second kappa shape index (κ2) is 9.34. The molecule has 1 aliphatic heterocycles. The van der Waals surface area contributed by atoms with Gasteiger partial charge in [-0.15, -0.1) is 0 Å². The minimum Gasteiger partial charge on any atom is -0.367 e. The van der Waals surface area contributed by atoms with Gasteiger partial charge in [0.2, 0.25) is 5.95 Å². The van der Waals surface area contributed by atoms with E-state index in [9.17, 15) is 8.78 Å². The third-order valence-electron chi connectivity index (χ3n) is 6.69. The van der Waals surface area contributed by atoms with Crippen LogP contribution < -0.4 is 16.0 Å². The molecule has 3 N–H and O–H groups in total. The molecule has 0 unspecified atom stereocenters. The molecule has 8 nitrogen and oxygen atoms in total. The Morgan fingerprint density at radius 1 is 1.00 bits per heavy atom. The van der Waals surface area contributed by atoms with Crippen LogP contribution in [0.3, 0.4) is 0 Å². The van der Waals surface area contributed by atoms with Crippen LogP contribution in [0, 0.1) is 11.8 Å². The van der Waals surface area contributed by atoms with E-state index < -0.39 is 11.8 Å². The summed E-state index contributed by atoms with van der Waals surface area (Å²) in [4.78, 5) is 22.1. The Morgan fingerprint density at radius 3 is 2.72 bits per heavy atom. The molecule has 1 aliphatic carbocycles. The van der Waals surface area contributed by atoms with Crippen molar-refractivity contribution < 1.29 is 8.78 Å². The summed E-state index contributed by atoms with van der Waals surface area (Å²) in [5.41, 5.74) is 2.65. The van der Waals surface area contributed by atoms with Crippen molar-refractivity contribution in [3.63, 3.8) is 0 Å². The second-order valence-electron chi connectivity index (χ2n) is 9.53. The van der Waals surface area contributed by atoms with E-state index in [0.29, 0.717) is 35.2 Å². The average molecular weight is 489 g/mol. The maximum Gasteiger partial charge on any atom is 0.214 e. The van der Waals surface area contributed by atoms with Crippen LogP contribution in [0.15, 0.2) is 42.9 Å². The fourth-order valence-electron chi connectivity index (χ4n) is 4.77. The largest absolute Gasteiger partial charge is 0.367 e. The zero-order chi connectivity index (χ0) is 24.6. The first-order valence-corrected chi connectivity index (χ1v) is 12.2. The van der Waals surface area contributed by atoms with Crippen LogP contribution in [0.25, 0.3) is 22.3 Å². The van der Waals surface area contributed by atoms with Gasteiger partial charge in [-0.1, -0.05) is 0 Å². The van der Waals surface area contributed by atoms with E-state index in [0.717, 1.165) is 61.1 Å². The van der Waals surface area contributed by atoms with E-state index in [1.165, 1.54) is 5.56 Å². The molecular formula is C26H26F2N8. The van der Waals surface area contributed by atoms with Crippen molar-refractivity contribution in [3.05, 3.63) is 60.2 Å². The number of rotatable bonds is 6. The molecule has 0 amide bonds. The number of nitrogens with one attached hydrogen (secondary N) is 3. The fraction of sp³-hybridized carbons (Fsp3) is 0.346. The van der Waals surface area contributed by atoms with Gasteiger partial charge in [0.05, 0.1) is 11.7 Å². The number of pyridine rings is 3. The molecule has 6 rings (SSSR count). The number of halogens is 2. The predicted octanol–water partition coefficient (Wildman–Crippen LogP) is 4.93. The van der Waals surface area contributed by atoms with Crippen molar-refractivity contribution >= 4 is 28.4 Å². The maximum atomic E-state index is 14.1. The van der Waals surface area contributed by atoms with Gasteiger partial charge >= 0.3 is 0 Å². The van der Waals surface area contributed by atoms with Gasteiger partial charge in [-0.05, 0) is 74.9 Å². The maximum absolute atomic E-state index is 14.1. The van der Waals surface area contributed by atoms with Crippen LogP contribution in [-0.2, 0) is 0 Å². The van der Waals surface area contributed by atoms with Crippen molar-refractivity contribution in [2.45, 2.75) is 50.6 Å². The fourth-order valence-corrected chi connectivity index (χ4v) is 4.77. The van der Waals surface area contributed by atoms with E-state index in [2.05, 4.69) is 37.8 Å². The Hall–Kier alpha value is -3.79. The molecule has 0 radical (unpaired) electrons. The van der Waals surface area contributed by atoms with E-state index in [4.69, 9.17) is 9.97 Å². The molecule has 4 aromatic heterocycles. The summed E-state index contributed by atoms with van der Waals surface area (Å²) in [6, 6.07) is 6.20. The van der Waals surface area contributed by atoms with Gasteiger partial charge in [0.1, 0.15) is 11.6 Å². The molecule has 2 atom stereocenters. The Morgan fingerprint density at radius 2 is 1.89 bits per heavy atom. The first kappa shape index (κ1) is 22.7. The zero-order valence-corrected chi connectivity index (χ0v) is 19.8. The highest BCUT2D eigenvalue weighted by Gasteiger charge is 2.29. The molecule has 0 aromatic carbocycles. The highest BCUT2D eigenvalue weighted by atomic mass is 19.1. The van der Waals surface area contributed by atoms with Crippen LogP contribution >= 0.6 is 0 Å². The number of nitrogens with zero attached hydrogens (tertiary/aromatic N) is 5. The average Bonchev–Trinajstić information content (AvgIpc) is 3.72. The Balaban J connectivity index is 1.40. The van der Waals surface area contributed by atoms with Crippen molar-refractivity contribution in [3.8, 4) is 11.4 Å². The predicted molar refractivity (Wildman–Crippen MR) is 134 cm³/mol.